The van der Waals surface area contributed by atoms with Crippen molar-refractivity contribution in [2.45, 2.75) is 58.2 Å². The van der Waals surface area contributed by atoms with E-state index in [1.807, 2.05) is 20.8 Å². The summed E-state index contributed by atoms with van der Waals surface area (Å²) in [6.45, 7) is 6.96. The van der Waals surface area contributed by atoms with Crippen molar-refractivity contribution < 1.29 is 23.5 Å². The molecule has 1 saturated heterocycles. The summed E-state index contributed by atoms with van der Waals surface area (Å²) in [5.41, 5.74) is 4.67. The molecule has 6 nitrogen and oxygen atoms in total. The first-order valence-electron chi connectivity index (χ1n) is 9.31. The maximum Gasteiger partial charge on any atom is 0.410 e. The molecule has 0 radical (unpaired) electrons. The minimum absolute atomic E-state index is 0.0249. The molecule has 0 bridgehead atoms. The molecule has 1 aliphatic heterocycles. The van der Waals surface area contributed by atoms with Crippen molar-refractivity contribution in [3.8, 4) is 5.75 Å². The Bertz CT molecular complexity index is 728. The number of nitrogens with two attached hydrogens (primary N) is 1. The summed E-state index contributed by atoms with van der Waals surface area (Å²) in [6, 6.07) is 4.12. The first-order chi connectivity index (χ1) is 12.6. The van der Waals surface area contributed by atoms with Crippen molar-refractivity contribution in [3.05, 3.63) is 29.6 Å². The third kappa shape index (κ3) is 4.51. The Labute approximate surface area is 158 Å². The maximum absolute atomic E-state index is 13.8. The number of halogens is 1. The van der Waals surface area contributed by atoms with Crippen LogP contribution in [0, 0.1) is 11.2 Å². The number of carbonyl (C=O) groups excluding carboxylic acids is 2. The molecule has 1 spiro atoms. The van der Waals surface area contributed by atoms with Crippen molar-refractivity contribution in [3.63, 3.8) is 0 Å². The average Bonchev–Trinajstić information content (AvgIpc) is 2.52. The number of nitrogens with zero attached hydrogens (tertiary/aromatic N) is 1. The van der Waals surface area contributed by atoms with Gasteiger partial charge >= 0.3 is 6.09 Å². The highest BCUT2D eigenvalue weighted by Gasteiger charge is 2.48. The van der Waals surface area contributed by atoms with Gasteiger partial charge in [0.1, 0.15) is 17.2 Å². The molecule has 2 fully saturated rings. The van der Waals surface area contributed by atoms with Crippen molar-refractivity contribution >= 4 is 12.0 Å². The lowest BCUT2D eigenvalue weighted by molar-refractivity contribution is -0.0583. The van der Waals surface area contributed by atoms with E-state index in [0.717, 1.165) is 25.7 Å². The van der Waals surface area contributed by atoms with E-state index in [0.29, 0.717) is 18.8 Å². The lowest BCUT2D eigenvalue weighted by Crippen LogP contribution is -2.52. The first kappa shape index (κ1) is 19.5. The molecule has 1 aromatic rings. The van der Waals surface area contributed by atoms with Gasteiger partial charge < -0.3 is 20.1 Å². The normalized spacial score (nSPS) is 19.5. The highest BCUT2D eigenvalue weighted by molar-refractivity contribution is 5.93. The zero-order chi connectivity index (χ0) is 19.8. The number of benzene rings is 1. The Morgan fingerprint density at radius 3 is 2.37 bits per heavy atom. The third-order valence-corrected chi connectivity index (χ3v) is 5.31. The van der Waals surface area contributed by atoms with Gasteiger partial charge in [0.25, 0.3) is 5.91 Å². The van der Waals surface area contributed by atoms with Crippen LogP contribution in [-0.2, 0) is 4.74 Å². The second kappa shape index (κ2) is 7.02. The molecule has 1 saturated carbocycles. The molecule has 1 aromatic carbocycles. The van der Waals surface area contributed by atoms with Gasteiger partial charge in [-0.15, -0.1) is 0 Å². The van der Waals surface area contributed by atoms with Crippen LogP contribution in [0.1, 0.15) is 56.8 Å². The standard InChI is InChI=1S/C20H27FN2O4/c1-19(2,3)27-18(25)23-8-6-20(7-9-23)11-14(12-20)26-13-4-5-15(17(22)24)16(21)10-13/h4-5,10,14H,6-9,11-12H2,1-3H3,(H2,22,24). The van der Waals surface area contributed by atoms with Crippen LogP contribution in [-0.4, -0.2) is 41.7 Å². The van der Waals surface area contributed by atoms with Crippen LogP contribution >= 0.6 is 0 Å². The van der Waals surface area contributed by atoms with E-state index in [4.69, 9.17) is 15.2 Å². The molecule has 27 heavy (non-hydrogen) atoms. The van der Waals surface area contributed by atoms with Crippen molar-refractivity contribution in [2.24, 2.45) is 11.1 Å². The molecule has 1 heterocycles. The zero-order valence-corrected chi connectivity index (χ0v) is 16.1. The predicted octanol–water partition coefficient (Wildman–Crippen LogP) is 3.48. The summed E-state index contributed by atoms with van der Waals surface area (Å²) in [5.74, 6) is -1.05. The Morgan fingerprint density at radius 1 is 1.22 bits per heavy atom. The van der Waals surface area contributed by atoms with Crippen LogP contribution in [0.25, 0.3) is 0 Å². The summed E-state index contributed by atoms with van der Waals surface area (Å²) >= 11 is 0. The summed E-state index contributed by atoms with van der Waals surface area (Å²) < 4.78 is 25.1. The molecule has 2 amide bonds. The largest absolute Gasteiger partial charge is 0.490 e. The van der Waals surface area contributed by atoms with E-state index in [9.17, 15) is 14.0 Å². The van der Waals surface area contributed by atoms with Crippen molar-refractivity contribution in [1.82, 2.24) is 4.90 Å². The van der Waals surface area contributed by atoms with E-state index < -0.39 is 17.3 Å². The van der Waals surface area contributed by atoms with Gasteiger partial charge in [-0.25, -0.2) is 9.18 Å². The number of carbonyl (C=O) groups is 2. The lowest BCUT2D eigenvalue weighted by Gasteiger charge is -2.51. The highest BCUT2D eigenvalue weighted by Crippen LogP contribution is 2.50. The Morgan fingerprint density at radius 2 is 1.85 bits per heavy atom. The lowest BCUT2D eigenvalue weighted by atomic mass is 9.61. The molecular formula is C20H27FN2O4. The Hall–Kier alpha value is -2.31. The maximum atomic E-state index is 13.8. The van der Waals surface area contributed by atoms with Gasteiger partial charge in [-0.3, -0.25) is 4.79 Å². The van der Waals surface area contributed by atoms with Crippen LogP contribution in [0.15, 0.2) is 18.2 Å². The van der Waals surface area contributed by atoms with Crippen LogP contribution in [0.3, 0.4) is 0 Å². The number of hydrogen-bond acceptors (Lipinski definition) is 4. The van der Waals surface area contributed by atoms with Crippen LogP contribution in [0.5, 0.6) is 5.75 Å². The summed E-state index contributed by atoms with van der Waals surface area (Å²) in [4.78, 5) is 25.0. The van der Waals surface area contributed by atoms with E-state index in [1.165, 1.54) is 12.1 Å². The molecule has 0 atom stereocenters. The number of piperidine rings is 1. The summed E-state index contributed by atoms with van der Waals surface area (Å²) in [5, 5.41) is 0. The summed E-state index contributed by atoms with van der Waals surface area (Å²) in [7, 11) is 0. The number of hydrogen-bond donors (Lipinski definition) is 1. The number of ether oxygens (including phenoxy) is 2. The molecule has 0 unspecified atom stereocenters. The van der Waals surface area contributed by atoms with Gasteiger partial charge in [0.2, 0.25) is 0 Å². The molecule has 0 aromatic heterocycles. The Balaban J connectivity index is 1.48. The van der Waals surface area contributed by atoms with E-state index in [-0.39, 0.29) is 23.2 Å². The van der Waals surface area contributed by atoms with E-state index in [2.05, 4.69) is 0 Å². The van der Waals surface area contributed by atoms with Gasteiger partial charge in [-0.05, 0) is 64.0 Å². The Kier molecular flexibility index (Phi) is 5.06. The average molecular weight is 378 g/mol. The van der Waals surface area contributed by atoms with Gasteiger partial charge in [-0.2, -0.15) is 0 Å². The number of primary amides is 1. The predicted molar refractivity (Wildman–Crippen MR) is 98.0 cm³/mol. The van der Waals surface area contributed by atoms with Crippen LogP contribution in [0.2, 0.25) is 0 Å². The van der Waals surface area contributed by atoms with Crippen molar-refractivity contribution in [2.75, 3.05) is 13.1 Å². The van der Waals surface area contributed by atoms with Crippen LogP contribution in [0.4, 0.5) is 9.18 Å². The molecule has 7 heteroatoms. The SMILES string of the molecule is CC(C)(C)OC(=O)N1CCC2(CC1)CC(Oc1ccc(C(N)=O)c(F)c1)C2. The zero-order valence-electron chi connectivity index (χ0n) is 16.1. The quantitative estimate of drug-likeness (QED) is 0.873. The second-order valence-electron chi connectivity index (χ2n) is 8.62. The first-order valence-corrected chi connectivity index (χ1v) is 9.31. The minimum Gasteiger partial charge on any atom is -0.490 e. The van der Waals surface area contributed by atoms with E-state index >= 15 is 0 Å². The van der Waals surface area contributed by atoms with Gasteiger partial charge in [0.15, 0.2) is 0 Å². The minimum atomic E-state index is -0.793. The molecule has 148 valence electrons. The molecule has 1 aliphatic carbocycles. The molecule has 3 rings (SSSR count). The second-order valence-corrected chi connectivity index (χ2v) is 8.62. The number of rotatable bonds is 3. The third-order valence-electron chi connectivity index (χ3n) is 5.31. The topological polar surface area (TPSA) is 81.9 Å². The number of likely N-dealkylation sites (tertiary alicyclic amines) is 1. The van der Waals surface area contributed by atoms with Crippen LogP contribution < -0.4 is 10.5 Å². The van der Waals surface area contributed by atoms with Gasteiger partial charge in [0.05, 0.1) is 11.7 Å². The molecule has 2 N–H and O–H groups in total. The fourth-order valence-corrected chi connectivity index (χ4v) is 3.85. The van der Waals surface area contributed by atoms with Gasteiger partial charge in [-0.1, -0.05) is 0 Å². The van der Waals surface area contributed by atoms with Crippen molar-refractivity contribution in [1.29, 1.82) is 0 Å². The monoisotopic (exact) mass is 378 g/mol. The molecular weight excluding hydrogens is 351 g/mol. The number of amides is 2. The smallest absolute Gasteiger partial charge is 0.410 e. The summed E-state index contributed by atoms with van der Waals surface area (Å²) in [6.07, 6.45) is 3.37. The van der Waals surface area contributed by atoms with E-state index in [1.54, 1.807) is 11.0 Å². The fourth-order valence-electron chi connectivity index (χ4n) is 3.85. The van der Waals surface area contributed by atoms with Gasteiger partial charge in [0, 0.05) is 19.2 Å². The molecule has 2 aliphatic rings. The fraction of sp³-hybridized carbons (Fsp3) is 0.600. The highest BCUT2D eigenvalue weighted by atomic mass is 19.1.